The lowest BCUT2D eigenvalue weighted by Crippen LogP contribution is -2.54. The third kappa shape index (κ3) is 4.12. The third-order valence-electron chi connectivity index (χ3n) is 7.74. The summed E-state index contributed by atoms with van der Waals surface area (Å²) in [5.74, 6) is 0.503. The molecule has 1 amide bonds. The van der Waals surface area contributed by atoms with E-state index in [0.29, 0.717) is 42.0 Å². The van der Waals surface area contributed by atoms with Gasteiger partial charge in [0.05, 0.1) is 12.8 Å². The van der Waals surface area contributed by atoms with Crippen LogP contribution in [0.25, 0.3) is 27.5 Å². The van der Waals surface area contributed by atoms with Gasteiger partial charge in [0.25, 0.3) is 11.5 Å². The number of nitrogens with zero attached hydrogens (tertiary/aromatic N) is 5. The standard InChI is InChI=1S/C31H31N5O3/c1-20-9-11-22(12-10-20)35-18-17-34(19-21(35)2)30(37)28-27-25-7-5-6-8-26(25)33(3)29(27)31(38)36(32-28)23-13-15-24(39-4)16-14-23/h5-16,21H,17-19H2,1-4H3. The first kappa shape index (κ1) is 24.7. The van der Waals surface area contributed by atoms with Crippen LogP contribution in [0.15, 0.2) is 77.6 Å². The molecule has 0 N–H and O–H groups in total. The van der Waals surface area contributed by atoms with E-state index in [-0.39, 0.29) is 23.2 Å². The lowest BCUT2D eigenvalue weighted by atomic mass is 10.1. The molecular formula is C31H31N5O3. The molecule has 6 rings (SSSR count). The van der Waals surface area contributed by atoms with Gasteiger partial charge in [-0.3, -0.25) is 9.59 Å². The van der Waals surface area contributed by atoms with Crippen LogP contribution < -0.4 is 15.2 Å². The monoisotopic (exact) mass is 521 g/mol. The number of aryl methyl sites for hydroxylation is 2. The molecule has 1 fully saturated rings. The van der Waals surface area contributed by atoms with E-state index in [1.807, 2.05) is 40.8 Å². The Labute approximate surface area is 226 Å². The number of fused-ring (bicyclic) bond motifs is 3. The first-order valence-corrected chi connectivity index (χ1v) is 13.1. The number of rotatable bonds is 4. The number of piperazine rings is 1. The number of anilines is 1. The molecule has 8 heteroatoms. The van der Waals surface area contributed by atoms with Crippen LogP contribution in [0.4, 0.5) is 5.69 Å². The van der Waals surface area contributed by atoms with Gasteiger partial charge in [-0.25, -0.2) is 0 Å². The van der Waals surface area contributed by atoms with Crippen molar-refractivity contribution in [2.75, 3.05) is 31.6 Å². The maximum Gasteiger partial charge on any atom is 0.296 e. The fourth-order valence-electron chi connectivity index (χ4n) is 5.64. The molecule has 198 valence electrons. The molecule has 39 heavy (non-hydrogen) atoms. The predicted molar refractivity (Wildman–Crippen MR) is 154 cm³/mol. The summed E-state index contributed by atoms with van der Waals surface area (Å²) < 4.78 is 8.48. The zero-order valence-electron chi connectivity index (χ0n) is 22.6. The van der Waals surface area contributed by atoms with Crippen LogP contribution in [-0.4, -0.2) is 57.9 Å². The Hall–Kier alpha value is -4.59. The van der Waals surface area contributed by atoms with Crippen LogP contribution in [0.3, 0.4) is 0 Å². The van der Waals surface area contributed by atoms with E-state index < -0.39 is 0 Å². The number of hydrogen-bond acceptors (Lipinski definition) is 5. The first-order valence-electron chi connectivity index (χ1n) is 13.1. The van der Waals surface area contributed by atoms with Crippen molar-refractivity contribution in [1.82, 2.24) is 19.2 Å². The number of methoxy groups -OCH3 is 1. The molecule has 5 aromatic rings. The van der Waals surface area contributed by atoms with E-state index in [1.54, 1.807) is 31.4 Å². The fourth-order valence-corrected chi connectivity index (χ4v) is 5.64. The van der Waals surface area contributed by atoms with Gasteiger partial charge in [-0.1, -0.05) is 35.9 Å². The highest BCUT2D eigenvalue weighted by Gasteiger charge is 2.31. The average Bonchev–Trinajstić information content (AvgIpc) is 3.26. The van der Waals surface area contributed by atoms with Crippen molar-refractivity contribution in [2.45, 2.75) is 19.9 Å². The lowest BCUT2D eigenvalue weighted by Gasteiger charge is -2.41. The van der Waals surface area contributed by atoms with E-state index >= 15 is 0 Å². The molecule has 1 atom stereocenters. The number of amides is 1. The van der Waals surface area contributed by atoms with E-state index in [9.17, 15) is 9.59 Å². The lowest BCUT2D eigenvalue weighted by molar-refractivity contribution is 0.0721. The summed E-state index contributed by atoms with van der Waals surface area (Å²) in [7, 11) is 3.46. The summed E-state index contributed by atoms with van der Waals surface area (Å²) in [6.45, 7) is 6.05. The second-order valence-electron chi connectivity index (χ2n) is 10.2. The minimum absolute atomic E-state index is 0.126. The van der Waals surface area contributed by atoms with Crippen molar-refractivity contribution in [3.8, 4) is 11.4 Å². The van der Waals surface area contributed by atoms with Crippen LogP contribution >= 0.6 is 0 Å². The Morgan fingerprint density at radius 1 is 0.949 bits per heavy atom. The van der Waals surface area contributed by atoms with Crippen LogP contribution in [0, 0.1) is 6.92 Å². The molecule has 2 aromatic heterocycles. The summed E-state index contributed by atoms with van der Waals surface area (Å²) in [4.78, 5) is 32.2. The zero-order valence-corrected chi connectivity index (χ0v) is 22.6. The van der Waals surface area contributed by atoms with Crippen molar-refractivity contribution in [3.05, 3.63) is 94.4 Å². The second kappa shape index (κ2) is 9.62. The Bertz CT molecular complexity index is 1750. The SMILES string of the molecule is COc1ccc(-n2nc(C(=O)N3CCN(c4ccc(C)cc4)C(C)C3)c3c4ccccc4n(C)c3c2=O)cc1. The predicted octanol–water partition coefficient (Wildman–Crippen LogP) is 4.55. The number of para-hydroxylation sites is 1. The highest BCUT2D eigenvalue weighted by Crippen LogP contribution is 2.30. The minimum atomic E-state index is -0.275. The Kier molecular flexibility index (Phi) is 6.10. The maximum atomic E-state index is 14.2. The first-order chi connectivity index (χ1) is 18.9. The molecule has 8 nitrogen and oxygen atoms in total. The van der Waals surface area contributed by atoms with E-state index in [0.717, 1.165) is 16.6 Å². The highest BCUT2D eigenvalue weighted by molar-refractivity contribution is 6.16. The molecule has 1 aliphatic heterocycles. The van der Waals surface area contributed by atoms with Gasteiger partial charge in [-0.15, -0.1) is 0 Å². The summed E-state index contributed by atoms with van der Waals surface area (Å²) in [6.07, 6.45) is 0. The van der Waals surface area contributed by atoms with Crippen LogP contribution in [0.2, 0.25) is 0 Å². The summed E-state index contributed by atoms with van der Waals surface area (Å²) in [6, 6.07) is 23.5. The van der Waals surface area contributed by atoms with Crippen molar-refractivity contribution in [3.63, 3.8) is 0 Å². The van der Waals surface area contributed by atoms with Gasteiger partial charge in [0, 0.05) is 54.7 Å². The summed E-state index contributed by atoms with van der Waals surface area (Å²) >= 11 is 0. The number of aromatic nitrogens is 3. The summed E-state index contributed by atoms with van der Waals surface area (Å²) in [5.41, 5.74) is 4.29. The Morgan fingerprint density at radius 2 is 1.64 bits per heavy atom. The van der Waals surface area contributed by atoms with Crippen molar-refractivity contribution in [1.29, 1.82) is 0 Å². The van der Waals surface area contributed by atoms with E-state index in [4.69, 9.17) is 9.84 Å². The van der Waals surface area contributed by atoms with Crippen molar-refractivity contribution < 1.29 is 9.53 Å². The smallest absolute Gasteiger partial charge is 0.296 e. The van der Waals surface area contributed by atoms with Crippen LogP contribution in [0.5, 0.6) is 5.75 Å². The van der Waals surface area contributed by atoms with Crippen molar-refractivity contribution in [2.24, 2.45) is 7.05 Å². The molecule has 1 aliphatic rings. The topological polar surface area (TPSA) is 72.6 Å². The number of carbonyl (C=O) groups is 1. The number of hydrogen-bond donors (Lipinski definition) is 0. The van der Waals surface area contributed by atoms with E-state index in [1.165, 1.54) is 10.2 Å². The summed E-state index contributed by atoms with van der Waals surface area (Å²) in [5, 5.41) is 6.16. The van der Waals surface area contributed by atoms with Crippen LogP contribution in [0.1, 0.15) is 23.0 Å². The molecule has 0 aliphatic carbocycles. The largest absolute Gasteiger partial charge is 0.497 e. The van der Waals surface area contributed by atoms with E-state index in [2.05, 4.69) is 43.0 Å². The van der Waals surface area contributed by atoms with Gasteiger partial charge in [0.2, 0.25) is 0 Å². The minimum Gasteiger partial charge on any atom is -0.497 e. The molecule has 0 bridgehead atoms. The zero-order chi connectivity index (χ0) is 27.3. The number of ether oxygens (including phenoxy) is 1. The molecule has 0 saturated carbocycles. The molecule has 0 radical (unpaired) electrons. The van der Waals surface area contributed by atoms with Gasteiger partial charge in [0.15, 0.2) is 5.69 Å². The molecule has 3 heterocycles. The average molecular weight is 522 g/mol. The Morgan fingerprint density at radius 3 is 2.33 bits per heavy atom. The molecule has 0 spiro atoms. The van der Waals surface area contributed by atoms with Crippen LogP contribution in [-0.2, 0) is 7.05 Å². The quantitative estimate of drug-likeness (QED) is 0.347. The molecular weight excluding hydrogens is 490 g/mol. The highest BCUT2D eigenvalue weighted by atomic mass is 16.5. The second-order valence-corrected chi connectivity index (χ2v) is 10.2. The van der Waals surface area contributed by atoms with Gasteiger partial charge in [-0.2, -0.15) is 9.78 Å². The van der Waals surface area contributed by atoms with Crippen molar-refractivity contribution >= 4 is 33.4 Å². The molecule has 1 unspecified atom stereocenters. The molecule has 3 aromatic carbocycles. The number of benzene rings is 3. The fraction of sp³-hybridized carbons (Fsp3) is 0.258. The van der Waals surface area contributed by atoms with Gasteiger partial charge < -0.3 is 19.1 Å². The third-order valence-corrected chi connectivity index (χ3v) is 7.74. The van der Waals surface area contributed by atoms with Gasteiger partial charge in [0.1, 0.15) is 11.3 Å². The Balaban J connectivity index is 1.46. The van der Waals surface area contributed by atoms with Gasteiger partial charge in [-0.05, 0) is 56.3 Å². The molecule has 1 saturated heterocycles. The maximum absolute atomic E-state index is 14.2. The number of carbonyl (C=O) groups excluding carboxylic acids is 1. The van der Waals surface area contributed by atoms with Gasteiger partial charge >= 0.3 is 0 Å². The normalized spacial score (nSPS) is 15.7.